The first-order valence-electron chi connectivity index (χ1n) is 3.72. The summed E-state index contributed by atoms with van der Waals surface area (Å²) in [5, 5.41) is 6.17. The van der Waals surface area contributed by atoms with Crippen LogP contribution in [-0.2, 0) is 4.74 Å². The number of methoxy groups -OCH3 is 1. The SMILES string of the molecule is COC(=O)c1[nH]nc(C(C)=O)c1C. The number of esters is 1. The van der Waals surface area contributed by atoms with E-state index in [9.17, 15) is 9.59 Å². The second kappa shape index (κ2) is 3.38. The normalized spacial score (nSPS) is 9.77. The summed E-state index contributed by atoms with van der Waals surface area (Å²) >= 11 is 0. The maximum absolute atomic E-state index is 11.1. The molecule has 0 aliphatic carbocycles. The van der Waals surface area contributed by atoms with Crippen molar-refractivity contribution in [3.8, 4) is 0 Å². The second-order valence-corrected chi connectivity index (χ2v) is 2.62. The minimum atomic E-state index is -0.516. The van der Waals surface area contributed by atoms with Crippen LogP contribution in [-0.4, -0.2) is 29.1 Å². The lowest BCUT2D eigenvalue weighted by molar-refractivity contribution is 0.0593. The third kappa shape index (κ3) is 1.58. The van der Waals surface area contributed by atoms with Gasteiger partial charge in [-0.3, -0.25) is 9.89 Å². The molecule has 0 spiro atoms. The molecule has 5 heteroatoms. The lowest BCUT2D eigenvalue weighted by atomic mass is 10.1. The predicted molar refractivity (Wildman–Crippen MR) is 44.7 cm³/mol. The van der Waals surface area contributed by atoms with Gasteiger partial charge in [0.25, 0.3) is 0 Å². The van der Waals surface area contributed by atoms with Gasteiger partial charge in [-0.05, 0) is 6.92 Å². The van der Waals surface area contributed by atoms with E-state index < -0.39 is 5.97 Å². The van der Waals surface area contributed by atoms with Crippen molar-refractivity contribution in [1.82, 2.24) is 10.2 Å². The third-order valence-corrected chi connectivity index (χ3v) is 1.73. The largest absolute Gasteiger partial charge is 0.464 e. The van der Waals surface area contributed by atoms with Gasteiger partial charge in [-0.1, -0.05) is 0 Å². The van der Waals surface area contributed by atoms with Crippen molar-refractivity contribution in [2.75, 3.05) is 7.11 Å². The van der Waals surface area contributed by atoms with Crippen LogP contribution in [0.4, 0.5) is 0 Å². The fraction of sp³-hybridized carbons (Fsp3) is 0.375. The van der Waals surface area contributed by atoms with Crippen LogP contribution in [0.2, 0.25) is 0 Å². The van der Waals surface area contributed by atoms with E-state index in [0.29, 0.717) is 5.56 Å². The zero-order valence-electron chi connectivity index (χ0n) is 7.67. The van der Waals surface area contributed by atoms with Gasteiger partial charge in [-0.15, -0.1) is 0 Å². The molecule has 0 fully saturated rings. The first-order chi connectivity index (χ1) is 6.07. The topological polar surface area (TPSA) is 72.1 Å². The molecule has 1 aromatic heterocycles. The van der Waals surface area contributed by atoms with Gasteiger partial charge < -0.3 is 4.74 Å². The first kappa shape index (κ1) is 9.44. The van der Waals surface area contributed by atoms with Crippen molar-refractivity contribution in [3.63, 3.8) is 0 Å². The number of ether oxygens (including phenoxy) is 1. The molecule has 0 bridgehead atoms. The number of rotatable bonds is 2. The molecule has 1 rings (SSSR count). The Balaban J connectivity index is 3.13. The molecular formula is C8H10N2O3. The molecular weight excluding hydrogens is 172 g/mol. The number of aromatic amines is 1. The zero-order chi connectivity index (χ0) is 10.0. The van der Waals surface area contributed by atoms with Gasteiger partial charge in [0, 0.05) is 12.5 Å². The van der Waals surface area contributed by atoms with E-state index in [4.69, 9.17) is 0 Å². The number of nitrogens with one attached hydrogen (secondary N) is 1. The summed E-state index contributed by atoms with van der Waals surface area (Å²) in [7, 11) is 1.27. The van der Waals surface area contributed by atoms with Crippen LogP contribution in [0.5, 0.6) is 0 Å². The van der Waals surface area contributed by atoms with E-state index >= 15 is 0 Å². The number of H-pyrrole nitrogens is 1. The maximum Gasteiger partial charge on any atom is 0.356 e. The van der Waals surface area contributed by atoms with Gasteiger partial charge in [-0.25, -0.2) is 4.79 Å². The molecule has 1 N–H and O–H groups in total. The van der Waals surface area contributed by atoms with Crippen molar-refractivity contribution in [2.24, 2.45) is 0 Å². The molecule has 0 unspecified atom stereocenters. The number of ketones is 1. The minimum Gasteiger partial charge on any atom is -0.464 e. The molecule has 1 heterocycles. The molecule has 0 amide bonds. The van der Waals surface area contributed by atoms with Crippen LogP contribution in [0, 0.1) is 6.92 Å². The molecule has 13 heavy (non-hydrogen) atoms. The Morgan fingerprint density at radius 3 is 2.46 bits per heavy atom. The Hall–Kier alpha value is -1.65. The van der Waals surface area contributed by atoms with Crippen LogP contribution >= 0.6 is 0 Å². The highest BCUT2D eigenvalue weighted by molar-refractivity contribution is 5.97. The number of hydrogen-bond acceptors (Lipinski definition) is 4. The Morgan fingerprint density at radius 1 is 1.46 bits per heavy atom. The smallest absolute Gasteiger partial charge is 0.356 e. The highest BCUT2D eigenvalue weighted by Crippen LogP contribution is 2.10. The maximum atomic E-state index is 11.1. The summed E-state index contributed by atoms with van der Waals surface area (Å²) < 4.78 is 4.49. The van der Waals surface area contributed by atoms with E-state index in [1.165, 1.54) is 14.0 Å². The molecule has 0 aliphatic rings. The second-order valence-electron chi connectivity index (χ2n) is 2.62. The minimum absolute atomic E-state index is 0.177. The van der Waals surface area contributed by atoms with Crippen LogP contribution in [0.1, 0.15) is 33.5 Å². The summed E-state index contributed by atoms with van der Waals surface area (Å²) in [5.41, 5.74) is 1.03. The van der Waals surface area contributed by atoms with Gasteiger partial charge in [-0.2, -0.15) is 5.10 Å². The highest BCUT2D eigenvalue weighted by atomic mass is 16.5. The number of hydrogen-bond donors (Lipinski definition) is 1. The first-order valence-corrected chi connectivity index (χ1v) is 3.72. The number of Topliss-reactive ketones (excluding diaryl/α,β-unsaturated/α-hetero) is 1. The van der Waals surface area contributed by atoms with Gasteiger partial charge in [0.05, 0.1) is 7.11 Å². The summed E-state index contributed by atoms with van der Waals surface area (Å²) in [5.74, 6) is -0.693. The van der Waals surface area contributed by atoms with Crippen LogP contribution in [0.15, 0.2) is 0 Å². The molecule has 1 aromatic rings. The molecule has 0 aromatic carbocycles. The Morgan fingerprint density at radius 2 is 2.08 bits per heavy atom. The summed E-state index contributed by atoms with van der Waals surface area (Å²) in [6.45, 7) is 3.04. The molecule has 0 saturated carbocycles. The van der Waals surface area contributed by atoms with Crippen LogP contribution in [0.25, 0.3) is 0 Å². The van der Waals surface area contributed by atoms with Crippen molar-refractivity contribution in [1.29, 1.82) is 0 Å². The van der Waals surface area contributed by atoms with Gasteiger partial charge in [0.1, 0.15) is 11.4 Å². The summed E-state index contributed by atoms with van der Waals surface area (Å²) in [6, 6.07) is 0. The van der Waals surface area contributed by atoms with Gasteiger partial charge >= 0.3 is 5.97 Å². The lowest BCUT2D eigenvalue weighted by Crippen LogP contribution is -2.04. The molecule has 0 atom stereocenters. The number of nitrogens with zero attached hydrogens (tertiary/aromatic N) is 1. The standard InChI is InChI=1S/C8H10N2O3/c1-4-6(5(2)11)9-10-7(4)8(12)13-3/h1-3H3,(H,9,10). The zero-order valence-corrected chi connectivity index (χ0v) is 7.67. The van der Waals surface area contributed by atoms with E-state index in [1.807, 2.05) is 0 Å². The lowest BCUT2D eigenvalue weighted by Gasteiger charge is -1.95. The quantitative estimate of drug-likeness (QED) is 0.540. The molecule has 0 saturated heterocycles. The predicted octanol–water partition coefficient (Wildman–Crippen LogP) is 0.707. The monoisotopic (exact) mass is 182 g/mol. The highest BCUT2D eigenvalue weighted by Gasteiger charge is 2.17. The molecule has 70 valence electrons. The average molecular weight is 182 g/mol. The van der Waals surface area contributed by atoms with Gasteiger partial charge in [0.15, 0.2) is 5.78 Å². The molecule has 0 aliphatic heterocycles. The number of carbonyl (C=O) groups is 2. The van der Waals surface area contributed by atoms with Gasteiger partial charge in [0.2, 0.25) is 0 Å². The van der Waals surface area contributed by atoms with Crippen molar-refractivity contribution < 1.29 is 14.3 Å². The summed E-state index contributed by atoms with van der Waals surface area (Å²) in [4.78, 5) is 22.0. The number of aromatic nitrogens is 2. The summed E-state index contributed by atoms with van der Waals surface area (Å²) in [6.07, 6.45) is 0. The Labute approximate surface area is 75.1 Å². The Bertz CT molecular complexity index is 354. The van der Waals surface area contributed by atoms with Crippen molar-refractivity contribution in [3.05, 3.63) is 17.0 Å². The van der Waals surface area contributed by atoms with E-state index in [-0.39, 0.29) is 17.2 Å². The van der Waals surface area contributed by atoms with E-state index in [0.717, 1.165) is 0 Å². The van der Waals surface area contributed by atoms with Crippen molar-refractivity contribution >= 4 is 11.8 Å². The third-order valence-electron chi connectivity index (χ3n) is 1.73. The van der Waals surface area contributed by atoms with Crippen LogP contribution in [0.3, 0.4) is 0 Å². The van der Waals surface area contributed by atoms with Crippen LogP contribution < -0.4 is 0 Å². The molecule has 5 nitrogen and oxygen atoms in total. The number of carbonyl (C=O) groups excluding carboxylic acids is 2. The van der Waals surface area contributed by atoms with Crippen molar-refractivity contribution in [2.45, 2.75) is 13.8 Å². The van der Waals surface area contributed by atoms with E-state index in [1.54, 1.807) is 6.92 Å². The van der Waals surface area contributed by atoms with E-state index in [2.05, 4.69) is 14.9 Å². The average Bonchev–Trinajstić information content (AvgIpc) is 2.46. The molecule has 0 radical (unpaired) electrons. The fourth-order valence-electron chi connectivity index (χ4n) is 1.04. The fourth-order valence-corrected chi connectivity index (χ4v) is 1.04. The Kier molecular flexibility index (Phi) is 2.46.